The molecule has 78 valence electrons. The van der Waals surface area contributed by atoms with Crippen molar-refractivity contribution in [1.82, 2.24) is 10.2 Å². The lowest BCUT2D eigenvalue weighted by Gasteiger charge is -2.09. The maximum atomic E-state index is 11.1. The molecule has 0 fully saturated rings. The van der Waals surface area contributed by atoms with Crippen molar-refractivity contribution >= 4 is 5.91 Å². The third-order valence-electron chi connectivity index (χ3n) is 1.38. The minimum absolute atomic E-state index is 0.0464. The molecule has 0 saturated carbocycles. The minimum atomic E-state index is 0.0464. The highest BCUT2D eigenvalue weighted by Gasteiger charge is 2.00. The first-order valence-corrected chi connectivity index (χ1v) is 4.66. The Hall–Kier alpha value is -0.610. The number of carbonyl (C=O) groups is 1. The summed E-state index contributed by atoms with van der Waals surface area (Å²) in [5.41, 5.74) is 0. The van der Waals surface area contributed by atoms with Crippen LogP contribution in [0, 0.1) is 0 Å². The van der Waals surface area contributed by atoms with Crippen LogP contribution < -0.4 is 5.32 Å². The van der Waals surface area contributed by atoms with Gasteiger partial charge < -0.3 is 15.0 Å². The summed E-state index contributed by atoms with van der Waals surface area (Å²) in [5.74, 6) is 0.0464. The number of nitrogens with one attached hydrogen (secondary N) is 1. The van der Waals surface area contributed by atoms with Gasteiger partial charge in [-0.3, -0.25) is 4.79 Å². The number of hydrogen-bond donors (Lipinski definition) is 1. The molecule has 0 saturated heterocycles. The van der Waals surface area contributed by atoms with E-state index in [1.54, 1.807) is 0 Å². The normalized spacial score (nSPS) is 10.5. The van der Waals surface area contributed by atoms with E-state index in [1.165, 1.54) is 0 Å². The van der Waals surface area contributed by atoms with Gasteiger partial charge >= 0.3 is 0 Å². The molecule has 4 nitrogen and oxygen atoms in total. The molecule has 0 bridgehead atoms. The lowest BCUT2D eigenvalue weighted by atomic mass is 10.5. The van der Waals surface area contributed by atoms with Gasteiger partial charge in [0.15, 0.2) is 0 Å². The van der Waals surface area contributed by atoms with Crippen molar-refractivity contribution in [3.05, 3.63) is 0 Å². The lowest BCUT2D eigenvalue weighted by Crippen LogP contribution is -2.35. The summed E-state index contributed by atoms with van der Waals surface area (Å²) < 4.78 is 5.21. The predicted molar refractivity (Wildman–Crippen MR) is 52.7 cm³/mol. The van der Waals surface area contributed by atoms with Crippen LogP contribution in [0.2, 0.25) is 0 Å². The molecule has 0 heterocycles. The molecule has 0 radical (unpaired) electrons. The molecule has 0 aliphatic carbocycles. The molecule has 0 atom stereocenters. The molecule has 0 aromatic rings. The molecule has 0 aliphatic heterocycles. The molecular weight excluding hydrogens is 168 g/mol. The maximum Gasteiger partial charge on any atom is 0.234 e. The van der Waals surface area contributed by atoms with E-state index in [4.69, 9.17) is 4.74 Å². The smallest absolute Gasteiger partial charge is 0.234 e. The summed E-state index contributed by atoms with van der Waals surface area (Å²) in [6.45, 7) is 4.47. The Kier molecular flexibility index (Phi) is 7.63. The zero-order valence-electron chi connectivity index (χ0n) is 8.80. The van der Waals surface area contributed by atoms with Crippen molar-refractivity contribution < 1.29 is 9.53 Å². The fourth-order valence-corrected chi connectivity index (χ4v) is 0.852. The SMILES string of the molecule is CCCOCCNC(=O)CN(C)C. The van der Waals surface area contributed by atoms with E-state index in [-0.39, 0.29) is 5.91 Å². The van der Waals surface area contributed by atoms with E-state index < -0.39 is 0 Å². The van der Waals surface area contributed by atoms with Crippen LogP contribution in [0.25, 0.3) is 0 Å². The Morgan fingerprint density at radius 1 is 1.38 bits per heavy atom. The summed E-state index contributed by atoms with van der Waals surface area (Å²) in [4.78, 5) is 12.9. The van der Waals surface area contributed by atoms with Crippen LogP contribution >= 0.6 is 0 Å². The zero-order valence-corrected chi connectivity index (χ0v) is 8.80. The lowest BCUT2D eigenvalue weighted by molar-refractivity contribution is -0.121. The van der Waals surface area contributed by atoms with Crippen molar-refractivity contribution in [2.24, 2.45) is 0 Å². The molecule has 0 spiro atoms. The molecule has 1 amide bonds. The highest BCUT2D eigenvalue weighted by atomic mass is 16.5. The van der Waals surface area contributed by atoms with E-state index >= 15 is 0 Å². The molecule has 0 rings (SSSR count). The van der Waals surface area contributed by atoms with Crippen molar-refractivity contribution in [2.75, 3.05) is 40.4 Å². The predicted octanol–water partition coefficient (Wildman–Crippen LogP) is 0.0908. The zero-order chi connectivity index (χ0) is 10.1. The van der Waals surface area contributed by atoms with Crippen LogP contribution in [0.4, 0.5) is 0 Å². The van der Waals surface area contributed by atoms with Crippen molar-refractivity contribution in [3.8, 4) is 0 Å². The Labute approximate surface area is 80.2 Å². The first-order chi connectivity index (χ1) is 6.16. The van der Waals surface area contributed by atoms with Crippen LogP contribution in [0.5, 0.6) is 0 Å². The van der Waals surface area contributed by atoms with Crippen LogP contribution in [-0.2, 0) is 9.53 Å². The van der Waals surface area contributed by atoms with Crippen molar-refractivity contribution in [3.63, 3.8) is 0 Å². The van der Waals surface area contributed by atoms with E-state index in [2.05, 4.69) is 12.2 Å². The average molecular weight is 188 g/mol. The quantitative estimate of drug-likeness (QED) is 0.576. The monoisotopic (exact) mass is 188 g/mol. The van der Waals surface area contributed by atoms with Gasteiger partial charge in [-0.2, -0.15) is 0 Å². The third kappa shape index (κ3) is 9.30. The van der Waals surface area contributed by atoms with E-state index in [1.807, 2.05) is 19.0 Å². The van der Waals surface area contributed by atoms with Crippen LogP contribution in [-0.4, -0.2) is 51.2 Å². The van der Waals surface area contributed by atoms with Gasteiger partial charge in [-0.1, -0.05) is 6.92 Å². The van der Waals surface area contributed by atoms with Gasteiger partial charge in [0.05, 0.1) is 13.2 Å². The molecule has 4 heteroatoms. The van der Waals surface area contributed by atoms with Crippen molar-refractivity contribution in [2.45, 2.75) is 13.3 Å². The van der Waals surface area contributed by atoms with Crippen LogP contribution in [0.15, 0.2) is 0 Å². The van der Waals surface area contributed by atoms with Crippen LogP contribution in [0.3, 0.4) is 0 Å². The van der Waals surface area contributed by atoms with E-state index in [0.29, 0.717) is 19.7 Å². The number of amides is 1. The standard InChI is InChI=1S/C9H20N2O2/c1-4-6-13-7-5-10-9(12)8-11(2)3/h4-8H2,1-3H3,(H,10,12). The fraction of sp³-hybridized carbons (Fsp3) is 0.889. The van der Waals surface area contributed by atoms with Crippen molar-refractivity contribution in [1.29, 1.82) is 0 Å². The Balaban J connectivity index is 3.17. The summed E-state index contributed by atoms with van der Waals surface area (Å²) in [6, 6.07) is 0. The number of hydrogen-bond acceptors (Lipinski definition) is 3. The van der Waals surface area contributed by atoms with Gasteiger partial charge in [-0.15, -0.1) is 0 Å². The number of nitrogens with zero attached hydrogens (tertiary/aromatic N) is 1. The number of carbonyl (C=O) groups excluding carboxylic acids is 1. The molecule has 0 unspecified atom stereocenters. The molecule has 0 aromatic carbocycles. The minimum Gasteiger partial charge on any atom is -0.380 e. The topological polar surface area (TPSA) is 41.6 Å². The number of ether oxygens (including phenoxy) is 1. The second-order valence-electron chi connectivity index (χ2n) is 3.20. The summed E-state index contributed by atoms with van der Waals surface area (Å²) >= 11 is 0. The Bertz CT molecular complexity index is 138. The van der Waals surface area contributed by atoms with Gasteiger partial charge in [0, 0.05) is 13.2 Å². The second-order valence-corrected chi connectivity index (χ2v) is 3.20. The van der Waals surface area contributed by atoms with Gasteiger partial charge in [0.2, 0.25) is 5.91 Å². The summed E-state index contributed by atoms with van der Waals surface area (Å²) in [6.07, 6.45) is 1.02. The third-order valence-corrected chi connectivity index (χ3v) is 1.38. The average Bonchev–Trinajstić information content (AvgIpc) is 2.02. The first kappa shape index (κ1) is 12.4. The van der Waals surface area contributed by atoms with Gasteiger partial charge in [-0.05, 0) is 20.5 Å². The Morgan fingerprint density at radius 3 is 2.62 bits per heavy atom. The summed E-state index contributed by atoms with van der Waals surface area (Å²) in [7, 11) is 3.74. The molecule has 0 aliphatic rings. The maximum absolute atomic E-state index is 11.1. The number of likely N-dealkylation sites (N-methyl/N-ethyl adjacent to an activating group) is 1. The van der Waals surface area contributed by atoms with E-state index in [0.717, 1.165) is 13.0 Å². The van der Waals surface area contributed by atoms with Crippen LogP contribution in [0.1, 0.15) is 13.3 Å². The summed E-state index contributed by atoms with van der Waals surface area (Å²) in [5, 5.41) is 2.77. The largest absolute Gasteiger partial charge is 0.380 e. The van der Waals surface area contributed by atoms with Gasteiger partial charge in [0.1, 0.15) is 0 Å². The fourth-order valence-electron chi connectivity index (χ4n) is 0.852. The Morgan fingerprint density at radius 2 is 2.08 bits per heavy atom. The highest BCUT2D eigenvalue weighted by Crippen LogP contribution is 1.79. The number of rotatable bonds is 7. The van der Waals surface area contributed by atoms with E-state index in [9.17, 15) is 4.79 Å². The molecular formula is C9H20N2O2. The van der Waals surface area contributed by atoms with Gasteiger partial charge in [-0.25, -0.2) is 0 Å². The molecule has 1 N–H and O–H groups in total. The first-order valence-electron chi connectivity index (χ1n) is 4.66. The second kappa shape index (κ2) is 8.01. The molecule has 0 aromatic heterocycles. The highest BCUT2D eigenvalue weighted by molar-refractivity contribution is 5.77. The van der Waals surface area contributed by atoms with Gasteiger partial charge in [0.25, 0.3) is 0 Å². The molecule has 13 heavy (non-hydrogen) atoms.